The van der Waals surface area contributed by atoms with Crippen LogP contribution in [0.3, 0.4) is 0 Å². The van der Waals surface area contributed by atoms with Gasteiger partial charge in [-0.15, -0.1) is 12.4 Å². The number of carbonyl (C=O) groups is 2. The van der Waals surface area contributed by atoms with Crippen molar-refractivity contribution in [3.05, 3.63) is 35.4 Å². The van der Waals surface area contributed by atoms with Gasteiger partial charge in [0.05, 0.1) is 13.2 Å². The van der Waals surface area contributed by atoms with Crippen LogP contribution in [0.15, 0.2) is 24.3 Å². The van der Waals surface area contributed by atoms with Crippen molar-refractivity contribution in [1.82, 2.24) is 15.1 Å². The summed E-state index contributed by atoms with van der Waals surface area (Å²) in [7, 11) is 1.63. The Labute approximate surface area is 155 Å². The first-order valence-electron chi connectivity index (χ1n) is 8.51. The highest BCUT2D eigenvalue weighted by Crippen LogP contribution is 2.11. The molecule has 0 spiro atoms. The number of ether oxygens (including phenoxy) is 1. The first kappa shape index (κ1) is 21.4. The minimum atomic E-state index is 0. The Morgan fingerprint density at radius 2 is 1.68 bits per heavy atom. The Morgan fingerprint density at radius 3 is 2.24 bits per heavy atom. The standard InChI is InChI=1S/C18H27N3O3.ClH/c1-3-15-4-6-16(7-5-15)18(23)21-11-9-20(10-12-21)17(22)14-19-8-13-24-2;/h4-7,19H,3,8-14H2,1-2H3;1H. The molecule has 1 N–H and O–H groups in total. The molecular formula is C18H28ClN3O3. The average Bonchev–Trinajstić information content (AvgIpc) is 2.64. The summed E-state index contributed by atoms with van der Waals surface area (Å²) >= 11 is 0. The van der Waals surface area contributed by atoms with Crippen LogP contribution in [0.4, 0.5) is 0 Å². The Kier molecular flexibility index (Phi) is 9.49. The quantitative estimate of drug-likeness (QED) is 0.733. The van der Waals surface area contributed by atoms with Gasteiger partial charge in [-0.25, -0.2) is 0 Å². The van der Waals surface area contributed by atoms with Crippen molar-refractivity contribution in [2.24, 2.45) is 0 Å². The van der Waals surface area contributed by atoms with E-state index in [1.807, 2.05) is 34.1 Å². The summed E-state index contributed by atoms with van der Waals surface area (Å²) in [6.07, 6.45) is 0.966. The lowest BCUT2D eigenvalue weighted by Crippen LogP contribution is -2.52. The van der Waals surface area contributed by atoms with Gasteiger partial charge in [-0.2, -0.15) is 0 Å². The molecule has 1 fully saturated rings. The largest absolute Gasteiger partial charge is 0.383 e. The van der Waals surface area contributed by atoms with Crippen LogP contribution in [-0.4, -0.2) is 74.6 Å². The fourth-order valence-corrected chi connectivity index (χ4v) is 2.71. The van der Waals surface area contributed by atoms with Crippen LogP contribution in [0.1, 0.15) is 22.8 Å². The molecule has 140 valence electrons. The van der Waals surface area contributed by atoms with Crippen LogP contribution in [0.2, 0.25) is 0 Å². The summed E-state index contributed by atoms with van der Waals surface area (Å²) < 4.78 is 4.93. The molecule has 1 aromatic rings. The molecule has 6 nitrogen and oxygen atoms in total. The average molecular weight is 370 g/mol. The van der Waals surface area contributed by atoms with Gasteiger partial charge in [0, 0.05) is 45.4 Å². The fourth-order valence-electron chi connectivity index (χ4n) is 2.71. The third-order valence-electron chi connectivity index (χ3n) is 4.29. The van der Waals surface area contributed by atoms with E-state index in [4.69, 9.17) is 4.74 Å². The Hall–Kier alpha value is -1.63. The first-order valence-corrected chi connectivity index (χ1v) is 8.51. The van der Waals surface area contributed by atoms with Crippen LogP contribution < -0.4 is 5.32 Å². The van der Waals surface area contributed by atoms with E-state index in [1.54, 1.807) is 7.11 Å². The Bertz CT molecular complexity index is 543. The van der Waals surface area contributed by atoms with Gasteiger partial charge in [0.15, 0.2) is 0 Å². The molecule has 2 amide bonds. The lowest BCUT2D eigenvalue weighted by atomic mass is 10.1. The van der Waals surface area contributed by atoms with E-state index >= 15 is 0 Å². The SMILES string of the molecule is CCc1ccc(C(=O)N2CCN(C(=O)CNCCOC)CC2)cc1.Cl. The van der Waals surface area contributed by atoms with Gasteiger partial charge in [0.25, 0.3) is 5.91 Å². The molecule has 0 aliphatic carbocycles. The highest BCUT2D eigenvalue weighted by molar-refractivity contribution is 5.94. The summed E-state index contributed by atoms with van der Waals surface area (Å²) in [6.45, 7) is 6.00. The topological polar surface area (TPSA) is 61.9 Å². The van der Waals surface area contributed by atoms with Gasteiger partial charge in [-0.05, 0) is 24.1 Å². The van der Waals surface area contributed by atoms with Crippen LogP contribution in [0.25, 0.3) is 0 Å². The molecule has 0 atom stereocenters. The Morgan fingerprint density at radius 1 is 1.08 bits per heavy atom. The maximum Gasteiger partial charge on any atom is 0.253 e. The van der Waals surface area contributed by atoms with Crippen molar-refractivity contribution in [2.45, 2.75) is 13.3 Å². The van der Waals surface area contributed by atoms with Crippen molar-refractivity contribution in [2.75, 3.05) is 53.0 Å². The summed E-state index contributed by atoms with van der Waals surface area (Å²) in [6, 6.07) is 7.77. The van der Waals surface area contributed by atoms with E-state index < -0.39 is 0 Å². The molecule has 7 heteroatoms. The van der Waals surface area contributed by atoms with Crippen molar-refractivity contribution in [3.8, 4) is 0 Å². The van der Waals surface area contributed by atoms with Gasteiger partial charge >= 0.3 is 0 Å². The monoisotopic (exact) mass is 369 g/mol. The normalized spacial score (nSPS) is 14.2. The number of amides is 2. The summed E-state index contributed by atoms with van der Waals surface area (Å²) in [5.74, 6) is 0.119. The highest BCUT2D eigenvalue weighted by Gasteiger charge is 2.24. The number of hydrogen-bond donors (Lipinski definition) is 1. The van der Waals surface area contributed by atoms with E-state index in [0.717, 1.165) is 6.42 Å². The molecule has 0 bridgehead atoms. The van der Waals surface area contributed by atoms with Crippen molar-refractivity contribution in [3.63, 3.8) is 0 Å². The summed E-state index contributed by atoms with van der Waals surface area (Å²) in [5, 5.41) is 3.06. The molecule has 0 radical (unpaired) electrons. The van der Waals surface area contributed by atoms with E-state index in [2.05, 4.69) is 12.2 Å². The number of piperazine rings is 1. The number of methoxy groups -OCH3 is 1. The number of halogens is 1. The van der Waals surface area contributed by atoms with Crippen LogP contribution in [-0.2, 0) is 16.0 Å². The van der Waals surface area contributed by atoms with Crippen LogP contribution in [0, 0.1) is 0 Å². The fraction of sp³-hybridized carbons (Fsp3) is 0.556. The highest BCUT2D eigenvalue weighted by atomic mass is 35.5. The summed E-state index contributed by atoms with van der Waals surface area (Å²) in [5.41, 5.74) is 1.94. The van der Waals surface area contributed by atoms with Gasteiger partial charge < -0.3 is 19.9 Å². The van der Waals surface area contributed by atoms with Crippen molar-refractivity contribution >= 4 is 24.2 Å². The van der Waals surface area contributed by atoms with Crippen LogP contribution in [0.5, 0.6) is 0 Å². The van der Waals surface area contributed by atoms with Gasteiger partial charge in [0.2, 0.25) is 5.91 Å². The van der Waals surface area contributed by atoms with E-state index in [9.17, 15) is 9.59 Å². The zero-order valence-corrected chi connectivity index (χ0v) is 15.8. The smallest absolute Gasteiger partial charge is 0.253 e. The second-order valence-electron chi connectivity index (χ2n) is 5.89. The molecule has 1 saturated heterocycles. The molecule has 1 aliphatic heterocycles. The predicted molar refractivity (Wildman–Crippen MR) is 100 cm³/mol. The Balaban J connectivity index is 0.00000312. The minimum absolute atomic E-state index is 0. The number of nitrogens with one attached hydrogen (secondary N) is 1. The van der Waals surface area contributed by atoms with Crippen LogP contribution >= 0.6 is 12.4 Å². The number of aryl methyl sites for hydroxylation is 1. The number of hydrogen-bond acceptors (Lipinski definition) is 4. The molecule has 1 heterocycles. The first-order chi connectivity index (χ1) is 11.7. The number of rotatable bonds is 7. The maximum atomic E-state index is 12.5. The molecule has 0 unspecified atom stereocenters. The lowest BCUT2D eigenvalue weighted by Gasteiger charge is -2.35. The minimum Gasteiger partial charge on any atom is -0.383 e. The third kappa shape index (κ3) is 6.30. The van der Waals surface area contributed by atoms with E-state index in [-0.39, 0.29) is 24.2 Å². The second-order valence-corrected chi connectivity index (χ2v) is 5.89. The third-order valence-corrected chi connectivity index (χ3v) is 4.29. The lowest BCUT2D eigenvalue weighted by molar-refractivity contribution is -0.131. The van der Waals surface area contributed by atoms with Crippen molar-refractivity contribution in [1.29, 1.82) is 0 Å². The molecule has 2 rings (SSSR count). The van der Waals surface area contributed by atoms with Gasteiger partial charge in [-0.1, -0.05) is 19.1 Å². The number of nitrogens with zero attached hydrogens (tertiary/aromatic N) is 2. The molecule has 25 heavy (non-hydrogen) atoms. The molecule has 0 saturated carbocycles. The molecule has 1 aromatic carbocycles. The molecule has 0 aromatic heterocycles. The number of carbonyl (C=O) groups excluding carboxylic acids is 2. The number of benzene rings is 1. The van der Waals surface area contributed by atoms with E-state index in [0.29, 0.717) is 51.4 Å². The zero-order chi connectivity index (χ0) is 17.4. The second kappa shape index (κ2) is 11.1. The zero-order valence-electron chi connectivity index (χ0n) is 15.0. The van der Waals surface area contributed by atoms with Gasteiger partial charge in [-0.3, -0.25) is 9.59 Å². The predicted octanol–water partition coefficient (Wildman–Crippen LogP) is 1.19. The molecule has 1 aliphatic rings. The van der Waals surface area contributed by atoms with Gasteiger partial charge in [0.1, 0.15) is 0 Å². The summed E-state index contributed by atoms with van der Waals surface area (Å²) in [4.78, 5) is 28.2. The maximum absolute atomic E-state index is 12.5. The van der Waals surface area contributed by atoms with E-state index in [1.165, 1.54) is 5.56 Å². The van der Waals surface area contributed by atoms with Crippen molar-refractivity contribution < 1.29 is 14.3 Å². The molecular weight excluding hydrogens is 342 g/mol.